The Kier molecular flexibility index (Phi) is 6.12. The summed E-state index contributed by atoms with van der Waals surface area (Å²) in [6.45, 7) is 4.23. The molecule has 0 aliphatic heterocycles. The van der Waals surface area contributed by atoms with Gasteiger partial charge in [-0.1, -0.05) is 13.8 Å². The van der Waals surface area contributed by atoms with Crippen molar-refractivity contribution in [1.29, 1.82) is 0 Å². The molecule has 11 heteroatoms. The lowest BCUT2D eigenvalue weighted by Gasteiger charge is -2.50. The molecule has 0 aromatic heterocycles. The number of nitrogens with one attached hydrogen (secondary N) is 1. The van der Waals surface area contributed by atoms with Crippen LogP contribution in [0.25, 0.3) is 5.76 Å². The van der Waals surface area contributed by atoms with Crippen LogP contribution in [-0.4, -0.2) is 75.1 Å². The number of nitrogens with zero attached hydrogens (tertiary/aromatic N) is 1. The highest BCUT2D eigenvalue weighted by Gasteiger charge is 2.64. The van der Waals surface area contributed by atoms with Crippen molar-refractivity contribution in [2.24, 2.45) is 23.5 Å². The van der Waals surface area contributed by atoms with E-state index < -0.39 is 69.6 Å². The van der Waals surface area contributed by atoms with Gasteiger partial charge in [-0.3, -0.25) is 19.3 Å². The number of phenols is 1. The van der Waals surface area contributed by atoms with Crippen molar-refractivity contribution in [3.63, 3.8) is 0 Å². The number of fused-ring (bicyclic) bond motifs is 3. The Bertz CT molecular complexity index is 1250. The summed E-state index contributed by atoms with van der Waals surface area (Å²) in [4.78, 5) is 40.2. The quantitative estimate of drug-likeness (QED) is 0.255. The van der Waals surface area contributed by atoms with Gasteiger partial charge in [0.05, 0.1) is 17.3 Å². The molecule has 3 aliphatic carbocycles. The molecule has 3 aliphatic rings. The van der Waals surface area contributed by atoms with Crippen LogP contribution in [0.1, 0.15) is 31.4 Å². The number of primary amides is 1. The fourth-order valence-corrected chi connectivity index (χ4v) is 5.71. The molecular formula is C25H30FN3O7. The number of nitrogens with two attached hydrogens (primary N) is 1. The maximum Gasteiger partial charge on any atom is 0.255 e. The topological polar surface area (TPSA) is 173 Å². The summed E-state index contributed by atoms with van der Waals surface area (Å²) in [6, 6.07) is -0.0701. The highest BCUT2D eigenvalue weighted by molar-refractivity contribution is 6.24. The molecule has 10 nitrogen and oxygen atoms in total. The molecule has 0 heterocycles. The van der Waals surface area contributed by atoms with Crippen molar-refractivity contribution in [3.8, 4) is 5.75 Å². The molecular weight excluding hydrogens is 473 g/mol. The van der Waals surface area contributed by atoms with Crippen molar-refractivity contribution in [2.75, 3.05) is 26.0 Å². The van der Waals surface area contributed by atoms with E-state index in [0.717, 1.165) is 6.07 Å². The van der Waals surface area contributed by atoms with E-state index in [1.54, 1.807) is 0 Å². The number of halogens is 1. The lowest BCUT2D eigenvalue weighted by Crippen LogP contribution is -2.65. The van der Waals surface area contributed by atoms with Gasteiger partial charge in [-0.15, -0.1) is 0 Å². The summed E-state index contributed by atoms with van der Waals surface area (Å²) in [5.74, 6) is -8.20. The molecule has 4 rings (SSSR count). The van der Waals surface area contributed by atoms with Gasteiger partial charge in [0.2, 0.25) is 5.78 Å². The fourth-order valence-electron chi connectivity index (χ4n) is 5.71. The van der Waals surface area contributed by atoms with Crippen molar-refractivity contribution in [2.45, 2.75) is 38.3 Å². The lowest BCUT2D eigenvalue weighted by atomic mass is 9.57. The third kappa shape index (κ3) is 3.48. The van der Waals surface area contributed by atoms with Crippen molar-refractivity contribution in [3.05, 3.63) is 39.9 Å². The van der Waals surface area contributed by atoms with Crippen LogP contribution in [0, 0.1) is 23.6 Å². The number of aliphatic hydroxyl groups is 3. The van der Waals surface area contributed by atoms with Gasteiger partial charge >= 0.3 is 0 Å². The van der Waals surface area contributed by atoms with Gasteiger partial charge in [-0.2, -0.15) is 0 Å². The number of carbonyl (C=O) groups is 3. The Morgan fingerprint density at radius 2 is 1.92 bits per heavy atom. The number of hydrogen-bond donors (Lipinski definition) is 6. The van der Waals surface area contributed by atoms with Crippen LogP contribution in [0.5, 0.6) is 5.75 Å². The average molecular weight is 504 g/mol. The van der Waals surface area contributed by atoms with Crippen LogP contribution in [0.3, 0.4) is 0 Å². The zero-order valence-corrected chi connectivity index (χ0v) is 20.4. The molecule has 1 aromatic rings. The number of hydrogen-bond acceptors (Lipinski definition) is 9. The summed E-state index contributed by atoms with van der Waals surface area (Å²) < 4.78 is 15.2. The van der Waals surface area contributed by atoms with Gasteiger partial charge in [0, 0.05) is 29.7 Å². The smallest absolute Gasteiger partial charge is 0.255 e. The first-order chi connectivity index (χ1) is 16.7. The molecule has 0 saturated heterocycles. The van der Waals surface area contributed by atoms with Crippen LogP contribution in [0.15, 0.2) is 23.0 Å². The number of aliphatic hydroxyl groups excluding tert-OH is 2. The monoisotopic (exact) mass is 503 g/mol. The van der Waals surface area contributed by atoms with Gasteiger partial charge in [0.15, 0.2) is 11.4 Å². The van der Waals surface area contributed by atoms with Crippen LogP contribution in [0.2, 0.25) is 0 Å². The van der Waals surface area contributed by atoms with Gasteiger partial charge < -0.3 is 31.5 Å². The molecule has 36 heavy (non-hydrogen) atoms. The first kappa shape index (κ1) is 25.6. The number of anilines is 1. The highest BCUT2D eigenvalue weighted by atomic mass is 19.1. The number of rotatable bonds is 5. The molecule has 4 atom stereocenters. The van der Waals surface area contributed by atoms with Gasteiger partial charge in [-0.25, -0.2) is 4.39 Å². The Labute approximate surface area is 206 Å². The summed E-state index contributed by atoms with van der Waals surface area (Å²) in [7, 11) is 3.02. The second-order valence-corrected chi connectivity index (χ2v) is 10.3. The lowest BCUT2D eigenvalue weighted by molar-refractivity contribution is -0.153. The van der Waals surface area contributed by atoms with Gasteiger partial charge in [0.1, 0.15) is 28.7 Å². The summed E-state index contributed by atoms with van der Waals surface area (Å²) in [5.41, 5.74) is 1.11. The minimum Gasteiger partial charge on any atom is -0.508 e. The van der Waals surface area contributed by atoms with E-state index in [1.807, 2.05) is 13.8 Å². The summed E-state index contributed by atoms with van der Waals surface area (Å²) in [5, 5.41) is 47.3. The number of Topliss-reactive ketones (excluding diaryl/α,β-unsaturated/α-hetero) is 2. The van der Waals surface area contributed by atoms with E-state index in [0.29, 0.717) is 6.54 Å². The Hall–Kier alpha value is -3.44. The second kappa shape index (κ2) is 8.59. The zero-order chi connectivity index (χ0) is 26.9. The van der Waals surface area contributed by atoms with Gasteiger partial charge in [0.25, 0.3) is 5.91 Å². The van der Waals surface area contributed by atoms with E-state index in [-0.39, 0.29) is 41.1 Å². The van der Waals surface area contributed by atoms with Crippen molar-refractivity contribution in [1.82, 2.24) is 4.90 Å². The summed E-state index contributed by atoms with van der Waals surface area (Å²) in [6.07, 6.45) is -0.197. The Morgan fingerprint density at radius 3 is 2.47 bits per heavy atom. The molecule has 1 saturated carbocycles. The number of phenolic OH excluding ortho intramolecular Hbond substituents is 1. The first-order valence-corrected chi connectivity index (χ1v) is 11.7. The third-order valence-electron chi connectivity index (χ3n) is 7.37. The minimum atomic E-state index is -2.73. The number of benzene rings is 1. The standard InChI is InChI=1S/C25H30FN3O7/c1-9(2)8-28-14-7-13(26)11-5-10-6-12-18(29(3)4)21(32)17(24(27)35)23(34)25(12,36)22(33)15(10)20(31)16(11)19(14)30/h7,9-10,12,18,28,30-31,34,36H,5-6,8H2,1-4H3,(H2,27,35)/t10-,12-,18-,25-/m0/s1. The maximum atomic E-state index is 15.2. The van der Waals surface area contributed by atoms with Crippen molar-refractivity contribution >= 4 is 28.9 Å². The largest absolute Gasteiger partial charge is 0.508 e. The SMILES string of the molecule is CC(C)CNc1cc(F)c2c(c1O)C(O)=C1C(=O)[C@]3(O)C(O)=C(C(N)=O)C(=O)[C@@H](N(C)C)[C@@H]3C[C@@H]1C2. The molecule has 0 spiro atoms. The molecule has 0 radical (unpaired) electrons. The van der Waals surface area contributed by atoms with Crippen LogP contribution in [-0.2, 0) is 20.8 Å². The Balaban J connectivity index is 1.93. The third-order valence-corrected chi connectivity index (χ3v) is 7.37. The highest BCUT2D eigenvalue weighted by Crippen LogP contribution is 2.53. The zero-order valence-electron chi connectivity index (χ0n) is 20.4. The van der Waals surface area contributed by atoms with E-state index in [4.69, 9.17) is 5.73 Å². The number of carbonyl (C=O) groups excluding carboxylic acids is 3. The number of likely N-dealkylation sites (N-methyl/N-ethyl adjacent to an activating group) is 1. The van der Waals surface area contributed by atoms with Crippen molar-refractivity contribution < 1.29 is 39.2 Å². The number of ketones is 2. The number of amides is 1. The summed E-state index contributed by atoms with van der Waals surface area (Å²) >= 11 is 0. The van der Waals surface area contributed by atoms with E-state index in [2.05, 4.69) is 5.32 Å². The van der Waals surface area contributed by atoms with Gasteiger partial charge in [-0.05, 0) is 38.8 Å². The van der Waals surface area contributed by atoms with Crippen LogP contribution < -0.4 is 11.1 Å². The molecule has 0 unspecified atom stereocenters. The second-order valence-electron chi connectivity index (χ2n) is 10.3. The molecule has 194 valence electrons. The minimum absolute atomic E-state index is 0.00628. The molecule has 7 N–H and O–H groups in total. The molecule has 0 bridgehead atoms. The molecule has 1 amide bonds. The Morgan fingerprint density at radius 1 is 1.28 bits per heavy atom. The predicted octanol–water partition coefficient (Wildman–Crippen LogP) is 1.17. The first-order valence-electron chi connectivity index (χ1n) is 11.7. The number of aromatic hydroxyl groups is 1. The molecule has 1 fully saturated rings. The normalized spacial score (nSPS) is 27.8. The predicted molar refractivity (Wildman–Crippen MR) is 128 cm³/mol. The average Bonchev–Trinajstić information content (AvgIpc) is 2.77. The van der Waals surface area contributed by atoms with Crippen LogP contribution in [0.4, 0.5) is 10.1 Å². The fraction of sp³-hybridized carbons (Fsp3) is 0.480. The van der Waals surface area contributed by atoms with E-state index >= 15 is 4.39 Å². The van der Waals surface area contributed by atoms with E-state index in [9.17, 15) is 34.8 Å². The van der Waals surface area contributed by atoms with E-state index in [1.165, 1.54) is 19.0 Å². The van der Waals surface area contributed by atoms with Crippen LogP contribution >= 0.6 is 0 Å². The molecule has 1 aromatic carbocycles. The maximum absolute atomic E-state index is 15.2.